The summed E-state index contributed by atoms with van der Waals surface area (Å²) in [7, 11) is 0. The maximum absolute atomic E-state index is 13.8. The zero-order valence-electron chi connectivity index (χ0n) is 21.7. The predicted octanol–water partition coefficient (Wildman–Crippen LogP) is 6.75. The molecule has 1 aliphatic carbocycles. The molecule has 1 aliphatic heterocycles. The van der Waals surface area contributed by atoms with Crippen LogP contribution < -0.4 is 10.6 Å². The monoisotopic (exact) mass is 557 g/mol. The van der Waals surface area contributed by atoms with Crippen molar-refractivity contribution in [2.24, 2.45) is 0 Å². The Morgan fingerprint density at radius 1 is 1.00 bits per heavy atom. The molecule has 0 saturated heterocycles. The summed E-state index contributed by atoms with van der Waals surface area (Å²) in [5.41, 5.74) is 1.43. The highest BCUT2D eigenvalue weighted by molar-refractivity contribution is 7.17. The Labute approximate surface area is 223 Å². The van der Waals surface area contributed by atoms with Gasteiger partial charge in [0.25, 0.3) is 0 Å². The summed E-state index contributed by atoms with van der Waals surface area (Å²) < 4.78 is 47.2. The SMILES string of the molecule is CCN1CCc2c(sc(C(F)(F)F)c2CNC(=O)Nc2sc3c(c2C(=O)OC(C)(C)C)CCCCC3)C1. The van der Waals surface area contributed by atoms with Crippen LogP contribution in [0, 0.1) is 0 Å². The minimum Gasteiger partial charge on any atom is -0.456 e. The molecule has 2 aromatic rings. The number of aryl methyl sites for hydroxylation is 1. The summed E-state index contributed by atoms with van der Waals surface area (Å²) in [4.78, 5) is 29.3. The van der Waals surface area contributed by atoms with Crippen LogP contribution in [-0.2, 0) is 43.3 Å². The fraction of sp³-hybridized carbons (Fsp3) is 0.615. The molecule has 11 heteroatoms. The van der Waals surface area contributed by atoms with E-state index in [2.05, 4.69) is 15.5 Å². The van der Waals surface area contributed by atoms with Crippen LogP contribution in [0.3, 0.4) is 0 Å². The van der Waals surface area contributed by atoms with E-state index in [0.717, 1.165) is 60.4 Å². The van der Waals surface area contributed by atoms with Gasteiger partial charge in [0.05, 0.1) is 5.56 Å². The Balaban J connectivity index is 1.55. The fourth-order valence-corrected chi connectivity index (χ4v) is 7.45. The molecular weight excluding hydrogens is 523 g/mol. The third-order valence-corrected chi connectivity index (χ3v) is 9.14. The summed E-state index contributed by atoms with van der Waals surface area (Å²) >= 11 is 2.14. The maximum atomic E-state index is 13.8. The largest absolute Gasteiger partial charge is 0.456 e. The van der Waals surface area contributed by atoms with Gasteiger partial charge < -0.3 is 10.1 Å². The van der Waals surface area contributed by atoms with Gasteiger partial charge in [-0.3, -0.25) is 10.2 Å². The molecule has 0 radical (unpaired) electrons. The Morgan fingerprint density at radius 2 is 1.73 bits per heavy atom. The molecule has 4 rings (SSSR count). The first-order chi connectivity index (χ1) is 17.4. The van der Waals surface area contributed by atoms with Crippen molar-refractivity contribution in [3.8, 4) is 0 Å². The molecule has 6 nitrogen and oxygen atoms in total. The molecule has 0 atom stereocenters. The number of thiophene rings is 2. The molecule has 2 aromatic heterocycles. The van der Waals surface area contributed by atoms with Crippen LogP contribution in [0.1, 0.15) is 88.6 Å². The third kappa shape index (κ3) is 6.49. The van der Waals surface area contributed by atoms with Gasteiger partial charge in [-0.05, 0) is 76.1 Å². The molecule has 0 unspecified atom stereocenters. The van der Waals surface area contributed by atoms with E-state index in [9.17, 15) is 22.8 Å². The van der Waals surface area contributed by atoms with Crippen LogP contribution in [0.2, 0.25) is 0 Å². The van der Waals surface area contributed by atoms with E-state index in [0.29, 0.717) is 40.5 Å². The number of amides is 2. The van der Waals surface area contributed by atoms with Crippen molar-refractivity contribution >= 4 is 39.7 Å². The molecule has 2 aliphatic rings. The Bertz CT molecular complexity index is 1160. The first kappa shape index (κ1) is 27.9. The Morgan fingerprint density at radius 3 is 2.41 bits per heavy atom. The van der Waals surface area contributed by atoms with Crippen molar-refractivity contribution in [1.29, 1.82) is 0 Å². The van der Waals surface area contributed by atoms with Gasteiger partial charge in [-0.25, -0.2) is 9.59 Å². The number of hydrogen-bond donors (Lipinski definition) is 2. The van der Waals surface area contributed by atoms with Gasteiger partial charge in [0.2, 0.25) is 0 Å². The highest BCUT2D eigenvalue weighted by atomic mass is 32.1. The topological polar surface area (TPSA) is 70.7 Å². The maximum Gasteiger partial charge on any atom is 0.425 e. The number of nitrogens with one attached hydrogen (secondary N) is 2. The normalized spacial score (nSPS) is 16.5. The van der Waals surface area contributed by atoms with E-state index in [-0.39, 0.29) is 12.1 Å². The zero-order valence-corrected chi connectivity index (χ0v) is 23.3. The van der Waals surface area contributed by atoms with E-state index in [1.165, 1.54) is 11.3 Å². The van der Waals surface area contributed by atoms with Gasteiger partial charge >= 0.3 is 18.2 Å². The third-order valence-electron chi connectivity index (χ3n) is 6.63. The van der Waals surface area contributed by atoms with Crippen LogP contribution >= 0.6 is 22.7 Å². The van der Waals surface area contributed by atoms with Crippen LogP contribution in [-0.4, -0.2) is 35.6 Å². The molecule has 0 aromatic carbocycles. The van der Waals surface area contributed by atoms with Crippen molar-refractivity contribution in [2.75, 3.05) is 18.4 Å². The molecule has 0 fully saturated rings. The van der Waals surface area contributed by atoms with Crippen LogP contribution in [0.5, 0.6) is 0 Å². The lowest BCUT2D eigenvalue weighted by Crippen LogP contribution is -2.32. The number of carbonyl (C=O) groups excluding carboxylic acids is 2. The number of anilines is 1. The van der Waals surface area contributed by atoms with Gasteiger partial charge in [-0.2, -0.15) is 13.2 Å². The van der Waals surface area contributed by atoms with Gasteiger partial charge in [0.1, 0.15) is 15.5 Å². The highest BCUT2D eigenvalue weighted by Gasteiger charge is 2.39. The first-order valence-electron chi connectivity index (χ1n) is 12.7. The second kappa shape index (κ2) is 10.9. The van der Waals surface area contributed by atoms with E-state index in [4.69, 9.17) is 4.74 Å². The average molecular weight is 558 g/mol. The number of ether oxygens (including phenoxy) is 1. The fourth-order valence-electron chi connectivity index (χ4n) is 4.90. The van der Waals surface area contributed by atoms with Crippen LogP contribution in [0.25, 0.3) is 0 Å². The molecule has 0 bridgehead atoms. The number of halogens is 3. The van der Waals surface area contributed by atoms with E-state index >= 15 is 0 Å². The smallest absolute Gasteiger partial charge is 0.425 e. The minimum absolute atomic E-state index is 0.146. The number of carbonyl (C=O) groups is 2. The Hall–Kier alpha value is -2.11. The molecule has 37 heavy (non-hydrogen) atoms. The highest BCUT2D eigenvalue weighted by Crippen LogP contribution is 2.43. The Kier molecular flexibility index (Phi) is 8.25. The van der Waals surface area contributed by atoms with E-state index < -0.39 is 28.7 Å². The summed E-state index contributed by atoms with van der Waals surface area (Å²) in [5, 5.41) is 5.77. The van der Waals surface area contributed by atoms with Crippen molar-refractivity contribution in [3.63, 3.8) is 0 Å². The first-order valence-corrected chi connectivity index (χ1v) is 14.4. The summed E-state index contributed by atoms with van der Waals surface area (Å²) in [6, 6.07) is -0.639. The van der Waals surface area contributed by atoms with E-state index in [1.807, 2.05) is 6.92 Å². The lowest BCUT2D eigenvalue weighted by Gasteiger charge is -2.25. The molecule has 204 valence electrons. The van der Waals surface area contributed by atoms with Crippen molar-refractivity contribution < 1.29 is 27.5 Å². The van der Waals surface area contributed by atoms with Crippen LogP contribution in [0.4, 0.5) is 23.0 Å². The molecular formula is C26H34F3N3O3S2. The average Bonchev–Trinajstić information content (AvgIpc) is 3.25. The van der Waals surface area contributed by atoms with Crippen LogP contribution in [0.15, 0.2) is 0 Å². The van der Waals surface area contributed by atoms with Gasteiger partial charge in [-0.15, -0.1) is 22.7 Å². The summed E-state index contributed by atoms with van der Waals surface area (Å²) in [6.45, 7) is 9.08. The van der Waals surface area contributed by atoms with Gasteiger partial charge in [-0.1, -0.05) is 13.3 Å². The lowest BCUT2D eigenvalue weighted by atomic mass is 10.0. The lowest BCUT2D eigenvalue weighted by molar-refractivity contribution is -0.135. The zero-order chi connectivity index (χ0) is 27.0. The number of hydrogen-bond acceptors (Lipinski definition) is 6. The van der Waals surface area contributed by atoms with Gasteiger partial charge in [0, 0.05) is 29.4 Å². The van der Waals surface area contributed by atoms with Crippen molar-refractivity contribution in [2.45, 2.75) is 91.1 Å². The number of nitrogens with zero attached hydrogens (tertiary/aromatic N) is 1. The number of alkyl halides is 3. The second-order valence-electron chi connectivity index (χ2n) is 10.5. The van der Waals surface area contributed by atoms with Crippen molar-refractivity contribution in [1.82, 2.24) is 10.2 Å². The van der Waals surface area contributed by atoms with Crippen molar-refractivity contribution in [3.05, 3.63) is 36.9 Å². The molecule has 2 N–H and O–H groups in total. The quantitative estimate of drug-likeness (QED) is 0.315. The molecule has 2 amide bonds. The number of likely N-dealkylation sites (N-methyl/N-ethyl adjacent to an activating group) is 1. The predicted molar refractivity (Wildman–Crippen MR) is 141 cm³/mol. The molecule has 0 saturated carbocycles. The summed E-state index contributed by atoms with van der Waals surface area (Å²) in [5.74, 6) is -0.492. The summed E-state index contributed by atoms with van der Waals surface area (Å²) in [6.07, 6.45) is 0.617. The van der Waals surface area contributed by atoms with Gasteiger partial charge in [0.15, 0.2) is 0 Å². The number of esters is 1. The van der Waals surface area contributed by atoms with E-state index in [1.54, 1.807) is 20.8 Å². The molecule has 3 heterocycles. The number of fused-ring (bicyclic) bond motifs is 2. The number of urea groups is 1. The minimum atomic E-state index is -4.48. The second-order valence-corrected chi connectivity index (χ2v) is 12.7. The standard InChI is InChI=1S/C26H34F3N3O3S2/c1-5-32-12-11-15-17(21(26(27,28)29)36-19(15)14-32)13-30-24(34)31-22-20(23(33)35-25(2,3)4)16-9-7-6-8-10-18(16)37-22/h5-14H2,1-4H3,(H2,30,31,34). The molecule has 0 spiro atoms. The number of rotatable bonds is 5.